The average molecular weight is 166 g/mol. The molecule has 10 heavy (non-hydrogen) atoms. The van der Waals surface area contributed by atoms with Gasteiger partial charge in [-0.1, -0.05) is 0 Å². The number of carboxylic acids is 1. The minimum absolute atomic E-state index is 0.137. The fourth-order valence-electron chi connectivity index (χ4n) is 0.164. The summed E-state index contributed by atoms with van der Waals surface area (Å²) in [6.07, 6.45) is 0.707. The summed E-state index contributed by atoms with van der Waals surface area (Å²) in [5, 5.41) is 8.17. The van der Waals surface area contributed by atoms with Crippen molar-refractivity contribution in [3.05, 3.63) is 11.8 Å². The molecule has 0 amide bonds. The van der Waals surface area contributed by atoms with Crippen molar-refractivity contribution >= 4 is 17.3 Å². The van der Waals surface area contributed by atoms with Crippen molar-refractivity contribution in [3.8, 4) is 0 Å². The maximum absolute atomic E-state index is 9.98. The van der Waals surface area contributed by atoms with Gasteiger partial charge in [-0.15, -0.1) is 0 Å². The SMILES string of the molecule is CC(=COS(=O)O)C(=O)O. The van der Waals surface area contributed by atoms with Crippen molar-refractivity contribution in [3.63, 3.8) is 0 Å². The standard InChI is InChI=1S/C4H6O5S/c1-3(4(5)6)2-9-10(7)8/h2H,1H3,(H,5,6)(H,7,8). The Morgan fingerprint density at radius 2 is 2.20 bits per heavy atom. The van der Waals surface area contributed by atoms with Crippen LogP contribution in [0.25, 0.3) is 0 Å². The summed E-state index contributed by atoms with van der Waals surface area (Å²) in [5.41, 5.74) is -0.137. The van der Waals surface area contributed by atoms with Crippen molar-refractivity contribution in [1.82, 2.24) is 0 Å². The molecule has 0 heterocycles. The van der Waals surface area contributed by atoms with Gasteiger partial charge in [-0.3, -0.25) is 4.55 Å². The summed E-state index contributed by atoms with van der Waals surface area (Å²) in [6.45, 7) is 1.25. The van der Waals surface area contributed by atoms with Crippen LogP contribution >= 0.6 is 0 Å². The van der Waals surface area contributed by atoms with E-state index in [4.69, 9.17) is 9.66 Å². The maximum atomic E-state index is 9.98. The first-order chi connectivity index (χ1) is 4.54. The van der Waals surface area contributed by atoms with Gasteiger partial charge in [0.05, 0.1) is 5.57 Å². The van der Waals surface area contributed by atoms with Crippen LogP contribution in [-0.2, 0) is 20.3 Å². The number of rotatable bonds is 3. The first kappa shape index (κ1) is 9.12. The normalized spacial score (nSPS) is 14.4. The van der Waals surface area contributed by atoms with Gasteiger partial charge >= 0.3 is 17.3 Å². The molecular formula is C4H6O5S. The third kappa shape index (κ3) is 4.04. The summed E-state index contributed by atoms with van der Waals surface area (Å²) in [4.78, 5) is 9.98. The van der Waals surface area contributed by atoms with E-state index < -0.39 is 17.3 Å². The molecule has 1 unspecified atom stereocenters. The highest BCUT2D eigenvalue weighted by molar-refractivity contribution is 7.74. The van der Waals surface area contributed by atoms with E-state index >= 15 is 0 Å². The molecule has 0 radical (unpaired) electrons. The molecule has 58 valence electrons. The Bertz CT molecular complexity index is 184. The van der Waals surface area contributed by atoms with Crippen LogP contribution in [0.5, 0.6) is 0 Å². The Morgan fingerprint density at radius 1 is 1.70 bits per heavy atom. The van der Waals surface area contributed by atoms with Crippen LogP contribution in [0.15, 0.2) is 11.8 Å². The van der Waals surface area contributed by atoms with Gasteiger partial charge in [0.15, 0.2) is 0 Å². The van der Waals surface area contributed by atoms with Gasteiger partial charge in [0.25, 0.3) is 0 Å². The molecule has 0 aliphatic heterocycles. The predicted molar refractivity (Wildman–Crippen MR) is 33.2 cm³/mol. The number of carboxylic acid groups (broad SMARTS) is 1. The lowest BCUT2D eigenvalue weighted by atomic mass is 10.4. The molecule has 0 rings (SSSR count). The van der Waals surface area contributed by atoms with Crippen LogP contribution in [0.2, 0.25) is 0 Å². The summed E-state index contributed by atoms with van der Waals surface area (Å²) < 4.78 is 21.7. The first-order valence-corrected chi connectivity index (χ1v) is 3.25. The maximum Gasteiger partial charge on any atom is 0.356 e. The van der Waals surface area contributed by atoms with Gasteiger partial charge in [-0.05, 0) is 6.92 Å². The van der Waals surface area contributed by atoms with E-state index in [1.807, 2.05) is 0 Å². The molecule has 0 bridgehead atoms. The molecular weight excluding hydrogens is 160 g/mol. The number of aliphatic carboxylic acids is 1. The van der Waals surface area contributed by atoms with Crippen molar-refractivity contribution in [1.29, 1.82) is 0 Å². The molecule has 0 aliphatic rings. The second kappa shape index (κ2) is 4.02. The first-order valence-electron chi connectivity index (χ1n) is 2.22. The number of hydrogen-bond donors (Lipinski definition) is 2. The zero-order valence-corrected chi connectivity index (χ0v) is 5.92. The molecule has 0 aliphatic carbocycles. The Balaban J connectivity index is 3.92. The van der Waals surface area contributed by atoms with Crippen molar-refractivity contribution in [2.75, 3.05) is 0 Å². The molecule has 6 heteroatoms. The lowest BCUT2D eigenvalue weighted by molar-refractivity contribution is -0.132. The monoisotopic (exact) mass is 166 g/mol. The molecule has 0 aromatic rings. The van der Waals surface area contributed by atoms with Crippen LogP contribution in [0, 0.1) is 0 Å². The molecule has 5 nitrogen and oxygen atoms in total. The number of carbonyl (C=O) groups is 1. The summed E-state index contributed by atoms with van der Waals surface area (Å²) >= 11 is -2.44. The van der Waals surface area contributed by atoms with Gasteiger partial charge in [0.1, 0.15) is 6.26 Å². The minimum atomic E-state index is -2.44. The van der Waals surface area contributed by atoms with Gasteiger partial charge < -0.3 is 9.29 Å². The quantitative estimate of drug-likeness (QED) is 0.353. The largest absolute Gasteiger partial charge is 0.478 e. The molecule has 0 aromatic carbocycles. The molecule has 0 aromatic heterocycles. The van der Waals surface area contributed by atoms with Crippen LogP contribution in [0.1, 0.15) is 6.92 Å². The Kier molecular flexibility index (Phi) is 3.67. The Hall–Kier alpha value is -0.880. The fourth-order valence-corrected chi connectivity index (χ4v) is 0.390. The molecule has 0 saturated heterocycles. The van der Waals surface area contributed by atoms with E-state index in [0.717, 1.165) is 0 Å². The summed E-state index contributed by atoms with van der Waals surface area (Å²) in [5.74, 6) is -1.19. The third-order valence-corrected chi connectivity index (χ3v) is 0.905. The molecule has 0 fully saturated rings. The van der Waals surface area contributed by atoms with Gasteiger partial charge in [0, 0.05) is 0 Å². The van der Waals surface area contributed by atoms with Gasteiger partial charge in [-0.2, -0.15) is 4.21 Å². The molecule has 2 N–H and O–H groups in total. The molecule has 0 spiro atoms. The Morgan fingerprint density at radius 3 is 2.50 bits per heavy atom. The number of hydrogen-bond acceptors (Lipinski definition) is 3. The Labute approximate surface area is 59.8 Å². The lowest BCUT2D eigenvalue weighted by Crippen LogP contribution is -1.97. The zero-order chi connectivity index (χ0) is 8.15. The van der Waals surface area contributed by atoms with Crippen molar-refractivity contribution < 1.29 is 22.8 Å². The lowest BCUT2D eigenvalue weighted by Gasteiger charge is -1.91. The zero-order valence-electron chi connectivity index (χ0n) is 5.10. The molecule has 0 saturated carbocycles. The highest BCUT2D eigenvalue weighted by Gasteiger charge is 1.99. The van der Waals surface area contributed by atoms with E-state index in [1.54, 1.807) is 0 Å². The average Bonchev–Trinajstić information content (AvgIpc) is 1.82. The van der Waals surface area contributed by atoms with E-state index in [0.29, 0.717) is 6.26 Å². The van der Waals surface area contributed by atoms with Crippen LogP contribution in [-0.4, -0.2) is 19.8 Å². The van der Waals surface area contributed by atoms with E-state index in [2.05, 4.69) is 4.18 Å². The second-order valence-corrected chi connectivity index (χ2v) is 2.05. The predicted octanol–water partition coefficient (Wildman–Crippen LogP) is 0.128. The highest BCUT2D eigenvalue weighted by atomic mass is 32.2. The van der Waals surface area contributed by atoms with E-state index in [-0.39, 0.29) is 5.57 Å². The van der Waals surface area contributed by atoms with Crippen molar-refractivity contribution in [2.45, 2.75) is 6.92 Å². The second-order valence-electron chi connectivity index (χ2n) is 1.42. The minimum Gasteiger partial charge on any atom is -0.478 e. The van der Waals surface area contributed by atoms with Crippen molar-refractivity contribution in [2.24, 2.45) is 0 Å². The highest BCUT2D eigenvalue weighted by Crippen LogP contribution is 1.93. The van der Waals surface area contributed by atoms with Crippen LogP contribution < -0.4 is 0 Å². The fraction of sp³-hybridized carbons (Fsp3) is 0.250. The van der Waals surface area contributed by atoms with Gasteiger partial charge in [-0.25, -0.2) is 4.79 Å². The van der Waals surface area contributed by atoms with Crippen LogP contribution in [0.4, 0.5) is 0 Å². The summed E-state index contributed by atoms with van der Waals surface area (Å²) in [7, 11) is 0. The third-order valence-electron chi connectivity index (χ3n) is 0.645. The van der Waals surface area contributed by atoms with E-state index in [1.165, 1.54) is 6.92 Å². The van der Waals surface area contributed by atoms with Gasteiger partial charge in [0.2, 0.25) is 0 Å². The van der Waals surface area contributed by atoms with Crippen LogP contribution in [0.3, 0.4) is 0 Å². The topological polar surface area (TPSA) is 83.8 Å². The molecule has 1 atom stereocenters. The summed E-state index contributed by atoms with van der Waals surface area (Å²) in [6, 6.07) is 0. The smallest absolute Gasteiger partial charge is 0.356 e. The van der Waals surface area contributed by atoms with E-state index in [9.17, 15) is 9.00 Å².